The van der Waals surface area contributed by atoms with E-state index in [1.165, 1.54) is 0 Å². The van der Waals surface area contributed by atoms with Crippen LogP contribution in [0.5, 0.6) is 5.75 Å². The van der Waals surface area contributed by atoms with E-state index in [0.29, 0.717) is 16.9 Å². The lowest BCUT2D eigenvalue weighted by molar-refractivity contribution is -0.127. The van der Waals surface area contributed by atoms with Crippen molar-refractivity contribution >= 4 is 5.91 Å². The number of nitrogens with one attached hydrogen (secondary N) is 2. The molecule has 6 nitrogen and oxygen atoms in total. The van der Waals surface area contributed by atoms with E-state index in [2.05, 4.69) is 10.3 Å². The van der Waals surface area contributed by atoms with Gasteiger partial charge in [0.1, 0.15) is 5.75 Å². The molecule has 1 aromatic heterocycles. The van der Waals surface area contributed by atoms with Crippen molar-refractivity contribution < 1.29 is 9.53 Å². The Morgan fingerprint density at radius 1 is 1.33 bits per heavy atom. The van der Waals surface area contributed by atoms with Crippen molar-refractivity contribution in [1.82, 2.24) is 10.3 Å². The van der Waals surface area contributed by atoms with E-state index in [4.69, 9.17) is 10.00 Å². The largest absolute Gasteiger partial charge is 0.481 e. The highest BCUT2D eigenvalue weighted by atomic mass is 16.5. The van der Waals surface area contributed by atoms with E-state index < -0.39 is 6.10 Å². The highest BCUT2D eigenvalue weighted by Gasteiger charge is 2.15. The average molecular weight is 325 g/mol. The number of benzene rings is 1. The molecule has 2 N–H and O–H groups in total. The normalized spacial score (nSPS) is 11.4. The molecule has 0 saturated carbocycles. The van der Waals surface area contributed by atoms with Crippen molar-refractivity contribution in [3.63, 3.8) is 0 Å². The quantitative estimate of drug-likeness (QED) is 0.878. The van der Waals surface area contributed by atoms with Crippen LogP contribution in [0, 0.1) is 25.2 Å². The summed E-state index contributed by atoms with van der Waals surface area (Å²) < 4.78 is 5.54. The van der Waals surface area contributed by atoms with Gasteiger partial charge in [0, 0.05) is 17.8 Å². The second-order valence-electron chi connectivity index (χ2n) is 5.56. The Bertz CT molecular complexity index is 832. The number of aryl methyl sites for hydroxylation is 2. The van der Waals surface area contributed by atoms with Crippen LogP contribution in [0.15, 0.2) is 35.1 Å². The summed E-state index contributed by atoms with van der Waals surface area (Å²) in [6, 6.07) is 10.4. The number of carbonyl (C=O) groups excluding carboxylic acids is 1. The molecule has 24 heavy (non-hydrogen) atoms. The van der Waals surface area contributed by atoms with Crippen LogP contribution in [-0.4, -0.2) is 17.0 Å². The minimum absolute atomic E-state index is 0.140. The molecule has 1 heterocycles. The summed E-state index contributed by atoms with van der Waals surface area (Å²) in [6.07, 6.45) is -0.720. The van der Waals surface area contributed by atoms with Gasteiger partial charge in [-0.2, -0.15) is 5.26 Å². The Morgan fingerprint density at radius 3 is 2.58 bits per heavy atom. The van der Waals surface area contributed by atoms with E-state index in [9.17, 15) is 9.59 Å². The molecule has 0 aliphatic heterocycles. The van der Waals surface area contributed by atoms with Gasteiger partial charge < -0.3 is 15.0 Å². The summed E-state index contributed by atoms with van der Waals surface area (Å²) in [5.41, 5.74) is 2.46. The van der Waals surface area contributed by atoms with Gasteiger partial charge in [-0.15, -0.1) is 0 Å². The van der Waals surface area contributed by atoms with Crippen LogP contribution in [0.1, 0.15) is 29.3 Å². The van der Waals surface area contributed by atoms with E-state index in [0.717, 1.165) is 11.3 Å². The number of aromatic nitrogens is 1. The molecule has 124 valence electrons. The first kappa shape index (κ1) is 17.3. The minimum Gasteiger partial charge on any atom is -0.481 e. The molecular formula is C18H19N3O3. The Labute approximate surface area is 140 Å². The van der Waals surface area contributed by atoms with Gasteiger partial charge in [-0.1, -0.05) is 0 Å². The van der Waals surface area contributed by atoms with Crippen LogP contribution in [0.25, 0.3) is 0 Å². The van der Waals surface area contributed by atoms with Crippen molar-refractivity contribution in [3.8, 4) is 11.8 Å². The molecule has 1 aromatic carbocycles. The number of nitrogens with zero attached hydrogens (tertiary/aromatic N) is 1. The van der Waals surface area contributed by atoms with Crippen LogP contribution in [0.3, 0.4) is 0 Å². The summed E-state index contributed by atoms with van der Waals surface area (Å²) >= 11 is 0. The maximum absolute atomic E-state index is 12.1. The van der Waals surface area contributed by atoms with Crippen molar-refractivity contribution in [2.45, 2.75) is 33.4 Å². The zero-order chi connectivity index (χ0) is 17.7. The Morgan fingerprint density at radius 2 is 2.00 bits per heavy atom. The predicted octanol–water partition coefficient (Wildman–Crippen LogP) is 1.95. The second kappa shape index (κ2) is 7.47. The smallest absolute Gasteiger partial charge is 0.261 e. The molecule has 0 aliphatic carbocycles. The third-order valence-corrected chi connectivity index (χ3v) is 3.60. The third-order valence-electron chi connectivity index (χ3n) is 3.60. The lowest BCUT2D eigenvalue weighted by Crippen LogP contribution is -2.37. The molecule has 0 fully saturated rings. The summed E-state index contributed by atoms with van der Waals surface area (Å²) in [4.78, 5) is 26.8. The average Bonchev–Trinajstić information content (AvgIpc) is 2.54. The molecule has 0 spiro atoms. The molecule has 0 bridgehead atoms. The predicted molar refractivity (Wildman–Crippen MR) is 89.6 cm³/mol. The zero-order valence-corrected chi connectivity index (χ0v) is 13.8. The molecule has 2 aromatic rings. The lowest BCUT2D eigenvalue weighted by Gasteiger charge is -2.15. The zero-order valence-electron chi connectivity index (χ0n) is 13.8. The van der Waals surface area contributed by atoms with E-state index in [1.807, 2.05) is 26.0 Å². The number of H-pyrrole nitrogens is 1. The van der Waals surface area contributed by atoms with Crippen molar-refractivity contribution in [3.05, 3.63) is 63.1 Å². The highest BCUT2D eigenvalue weighted by molar-refractivity contribution is 5.80. The van der Waals surface area contributed by atoms with Gasteiger partial charge >= 0.3 is 0 Å². The highest BCUT2D eigenvalue weighted by Crippen LogP contribution is 2.13. The Balaban J connectivity index is 1.97. The summed E-state index contributed by atoms with van der Waals surface area (Å²) in [6.45, 7) is 5.41. The number of rotatable bonds is 5. The molecule has 0 aliphatic rings. The number of ether oxygens (including phenoxy) is 1. The maximum Gasteiger partial charge on any atom is 0.261 e. The Kier molecular flexibility index (Phi) is 5.38. The van der Waals surface area contributed by atoms with E-state index in [1.54, 1.807) is 31.2 Å². The summed E-state index contributed by atoms with van der Waals surface area (Å²) in [5.74, 6) is 0.180. The number of amides is 1. The van der Waals surface area contributed by atoms with Crippen LogP contribution in [0.2, 0.25) is 0 Å². The summed E-state index contributed by atoms with van der Waals surface area (Å²) in [7, 11) is 0. The first-order valence-corrected chi connectivity index (χ1v) is 7.54. The molecule has 2 rings (SSSR count). The lowest BCUT2D eigenvalue weighted by atomic mass is 10.1. The van der Waals surface area contributed by atoms with Crippen LogP contribution >= 0.6 is 0 Å². The molecule has 0 saturated heterocycles. The number of nitriles is 1. The standard InChI is InChI=1S/C18H19N3O3/c1-11-8-12(2)21-18(23)16(11)10-20-17(22)13(3)24-15-6-4-14(9-19)5-7-15/h4-8,13H,10H2,1-3H3,(H,20,22)(H,21,23)/t13-/m0/s1. The number of carbonyl (C=O) groups is 1. The Hall–Kier alpha value is -3.07. The molecular weight excluding hydrogens is 306 g/mol. The topological polar surface area (TPSA) is 95.0 Å². The molecule has 1 atom stereocenters. The van der Waals surface area contributed by atoms with Gasteiger partial charge in [-0.3, -0.25) is 9.59 Å². The van der Waals surface area contributed by atoms with Crippen LogP contribution < -0.4 is 15.6 Å². The van der Waals surface area contributed by atoms with Gasteiger partial charge in [0.25, 0.3) is 11.5 Å². The van der Waals surface area contributed by atoms with Crippen LogP contribution in [-0.2, 0) is 11.3 Å². The third kappa shape index (κ3) is 4.23. The van der Waals surface area contributed by atoms with E-state index in [-0.39, 0.29) is 18.0 Å². The van der Waals surface area contributed by atoms with Gasteiger partial charge in [0.05, 0.1) is 11.6 Å². The first-order chi connectivity index (χ1) is 11.4. The van der Waals surface area contributed by atoms with Crippen molar-refractivity contribution in [2.75, 3.05) is 0 Å². The molecule has 6 heteroatoms. The summed E-state index contributed by atoms with van der Waals surface area (Å²) in [5, 5.41) is 11.5. The number of aromatic amines is 1. The molecule has 1 amide bonds. The molecule has 0 unspecified atom stereocenters. The van der Waals surface area contributed by atoms with Gasteiger partial charge in [0.2, 0.25) is 0 Å². The number of hydrogen-bond acceptors (Lipinski definition) is 4. The fourth-order valence-electron chi connectivity index (χ4n) is 2.29. The van der Waals surface area contributed by atoms with Gasteiger partial charge in [0.15, 0.2) is 6.10 Å². The second-order valence-corrected chi connectivity index (χ2v) is 5.56. The van der Waals surface area contributed by atoms with E-state index >= 15 is 0 Å². The first-order valence-electron chi connectivity index (χ1n) is 7.54. The van der Waals surface area contributed by atoms with Crippen molar-refractivity contribution in [2.24, 2.45) is 0 Å². The van der Waals surface area contributed by atoms with Crippen LogP contribution in [0.4, 0.5) is 0 Å². The minimum atomic E-state index is -0.720. The number of hydrogen-bond donors (Lipinski definition) is 2. The SMILES string of the molecule is Cc1cc(C)c(CNC(=O)[C@H](C)Oc2ccc(C#N)cc2)c(=O)[nH]1. The van der Waals surface area contributed by atoms with Gasteiger partial charge in [-0.05, 0) is 56.7 Å². The van der Waals surface area contributed by atoms with Crippen molar-refractivity contribution in [1.29, 1.82) is 5.26 Å². The maximum atomic E-state index is 12.1. The fraction of sp³-hybridized carbons (Fsp3) is 0.278. The molecule has 0 radical (unpaired) electrons. The number of pyridine rings is 1. The monoisotopic (exact) mass is 325 g/mol. The fourth-order valence-corrected chi connectivity index (χ4v) is 2.29. The van der Waals surface area contributed by atoms with Gasteiger partial charge in [-0.25, -0.2) is 0 Å².